The van der Waals surface area contributed by atoms with Gasteiger partial charge in [0.1, 0.15) is 0 Å². The highest BCUT2D eigenvalue weighted by Gasteiger charge is 2.18. The molecule has 0 saturated heterocycles. The molecule has 1 N–H and O–H groups in total. The Balaban J connectivity index is 1.71. The zero-order chi connectivity index (χ0) is 16.4. The Labute approximate surface area is 133 Å². The van der Waals surface area contributed by atoms with Crippen LogP contribution in [0.25, 0.3) is 10.8 Å². The van der Waals surface area contributed by atoms with Crippen molar-refractivity contribution < 1.29 is 10.0 Å². The molecule has 0 bridgehead atoms. The van der Waals surface area contributed by atoms with E-state index in [-0.39, 0.29) is 12.4 Å². The third-order valence-electron chi connectivity index (χ3n) is 3.77. The lowest BCUT2D eigenvalue weighted by atomic mass is 10.0. The first kappa shape index (κ1) is 15.2. The van der Waals surface area contributed by atoms with Gasteiger partial charge in [-0.15, -0.1) is 0 Å². The first-order valence-corrected chi connectivity index (χ1v) is 7.37. The number of fused-ring (bicyclic) bond motifs is 1. The minimum Gasteiger partial charge on any atom is -0.391 e. The molecular formula is C17H17N3O3. The number of rotatable bonds is 5. The van der Waals surface area contributed by atoms with Gasteiger partial charge in [0, 0.05) is 6.42 Å². The van der Waals surface area contributed by atoms with E-state index in [0.29, 0.717) is 12.0 Å². The highest BCUT2D eigenvalue weighted by Crippen LogP contribution is 2.18. The van der Waals surface area contributed by atoms with Gasteiger partial charge in [0.15, 0.2) is 0 Å². The van der Waals surface area contributed by atoms with E-state index >= 15 is 0 Å². The van der Waals surface area contributed by atoms with Gasteiger partial charge in [-0.1, -0.05) is 42.5 Å². The van der Waals surface area contributed by atoms with Gasteiger partial charge in [-0.25, -0.2) is 0 Å². The average Bonchev–Trinajstić information content (AvgIpc) is 2.87. The zero-order valence-corrected chi connectivity index (χ0v) is 12.7. The molecule has 2 aromatic carbocycles. The zero-order valence-electron chi connectivity index (χ0n) is 12.7. The van der Waals surface area contributed by atoms with Crippen molar-refractivity contribution in [1.82, 2.24) is 9.78 Å². The first-order chi connectivity index (χ1) is 11.0. The van der Waals surface area contributed by atoms with Crippen molar-refractivity contribution >= 4 is 16.6 Å². The molecule has 1 aromatic heterocycles. The molecule has 1 heterocycles. The molecule has 6 heteroatoms. The highest BCUT2D eigenvalue weighted by molar-refractivity contribution is 5.82. The van der Waals surface area contributed by atoms with Gasteiger partial charge >= 0.3 is 5.82 Å². The van der Waals surface area contributed by atoms with E-state index < -0.39 is 11.0 Å². The number of nitro groups is 1. The number of aryl methyl sites for hydroxylation is 1. The Kier molecular flexibility index (Phi) is 4.08. The molecule has 0 radical (unpaired) electrons. The maximum absolute atomic E-state index is 10.8. The van der Waals surface area contributed by atoms with Gasteiger partial charge in [-0.2, -0.15) is 4.68 Å². The van der Waals surface area contributed by atoms with Crippen molar-refractivity contribution in [3.05, 3.63) is 69.9 Å². The van der Waals surface area contributed by atoms with Crippen molar-refractivity contribution in [3.8, 4) is 0 Å². The van der Waals surface area contributed by atoms with Crippen LogP contribution in [-0.2, 0) is 13.0 Å². The molecule has 0 amide bonds. The fourth-order valence-electron chi connectivity index (χ4n) is 2.70. The Morgan fingerprint density at radius 1 is 1.26 bits per heavy atom. The maximum Gasteiger partial charge on any atom is 0.392 e. The molecule has 0 spiro atoms. The van der Waals surface area contributed by atoms with Crippen LogP contribution in [0.1, 0.15) is 11.1 Å². The number of aliphatic hydroxyl groups excluding tert-OH is 1. The van der Waals surface area contributed by atoms with Gasteiger partial charge in [-0.05, 0) is 28.2 Å². The quantitative estimate of drug-likeness (QED) is 0.580. The minimum absolute atomic E-state index is 0.164. The molecule has 118 valence electrons. The highest BCUT2D eigenvalue weighted by atomic mass is 16.6. The van der Waals surface area contributed by atoms with Crippen molar-refractivity contribution in [3.63, 3.8) is 0 Å². The van der Waals surface area contributed by atoms with Crippen LogP contribution in [0.2, 0.25) is 0 Å². The Hall–Kier alpha value is -2.73. The van der Waals surface area contributed by atoms with Crippen molar-refractivity contribution in [2.45, 2.75) is 26.0 Å². The van der Waals surface area contributed by atoms with Crippen molar-refractivity contribution in [2.24, 2.45) is 0 Å². The largest absolute Gasteiger partial charge is 0.392 e. The summed E-state index contributed by atoms with van der Waals surface area (Å²) < 4.78 is 1.43. The number of aromatic nitrogens is 2. The fourth-order valence-corrected chi connectivity index (χ4v) is 2.70. The van der Waals surface area contributed by atoms with E-state index in [0.717, 1.165) is 16.3 Å². The van der Waals surface area contributed by atoms with Gasteiger partial charge in [0.2, 0.25) is 0 Å². The lowest BCUT2D eigenvalue weighted by Crippen LogP contribution is -2.19. The number of nitrogens with zero attached hydrogens (tertiary/aromatic N) is 3. The third kappa shape index (κ3) is 3.37. The molecule has 0 saturated carbocycles. The third-order valence-corrected chi connectivity index (χ3v) is 3.77. The normalized spacial score (nSPS) is 12.4. The van der Waals surface area contributed by atoms with Crippen LogP contribution >= 0.6 is 0 Å². The molecule has 23 heavy (non-hydrogen) atoms. The molecule has 0 unspecified atom stereocenters. The second-order valence-electron chi connectivity index (χ2n) is 5.65. The summed E-state index contributed by atoms with van der Waals surface area (Å²) in [5.41, 5.74) is 1.52. The van der Waals surface area contributed by atoms with Crippen LogP contribution < -0.4 is 0 Å². The number of aliphatic hydroxyl groups is 1. The lowest BCUT2D eigenvalue weighted by molar-refractivity contribution is -0.390. The molecule has 0 aliphatic rings. The van der Waals surface area contributed by atoms with Crippen LogP contribution in [0.4, 0.5) is 5.82 Å². The van der Waals surface area contributed by atoms with Crippen LogP contribution in [0.15, 0.2) is 48.7 Å². The van der Waals surface area contributed by atoms with Crippen molar-refractivity contribution in [1.29, 1.82) is 0 Å². The van der Waals surface area contributed by atoms with E-state index in [4.69, 9.17) is 0 Å². The summed E-state index contributed by atoms with van der Waals surface area (Å²) in [5, 5.41) is 27.2. The summed E-state index contributed by atoms with van der Waals surface area (Å²) in [4.78, 5) is 10.3. The SMILES string of the molecule is Cc1cn(C[C@@H](O)Cc2ccc3ccccc3c2)nc1[N+](=O)[O-]. The summed E-state index contributed by atoms with van der Waals surface area (Å²) in [7, 11) is 0. The molecule has 6 nitrogen and oxygen atoms in total. The van der Waals surface area contributed by atoms with Crippen LogP contribution in [-0.4, -0.2) is 25.9 Å². The topological polar surface area (TPSA) is 81.2 Å². The Morgan fingerprint density at radius 2 is 2.00 bits per heavy atom. The number of benzene rings is 2. The van der Waals surface area contributed by atoms with Gasteiger partial charge in [0.25, 0.3) is 0 Å². The number of hydrogen-bond acceptors (Lipinski definition) is 4. The van der Waals surface area contributed by atoms with Crippen LogP contribution in [0, 0.1) is 17.0 Å². The average molecular weight is 311 g/mol. The second kappa shape index (κ2) is 6.18. The van der Waals surface area contributed by atoms with Crippen LogP contribution in [0.5, 0.6) is 0 Å². The molecule has 0 fully saturated rings. The number of hydrogen-bond donors (Lipinski definition) is 1. The molecule has 1 atom stereocenters. The minimum atomic E-state index is -0.657. The predicted molar refractivity (Wildman–Crippen MR) is 87.3 cm³/mol. The van der Waals surface area contributed by atoms with Gasteiger partial charge < -0.3 is 15.2 Å². The van der Waals surface area contributed by atoms with Gasteiger partial charge in [0.05, 0.1) is 29.5 Å². The fraction of sp³-hybridized carbons (Fsp3) is 0.235. The Bertz CT molecular complexity index is 857. The molecular weight excluding hydrogens is 294 g/mol. The summed E-state index contributed by atoms with van der Waals surface area (Å²) in [6, 6.07) is 14.1. The van der Waals surface area contributed by atoms with E-state index in [2.05, 4.69) is 11.2 Å². The van der Waals surface area contributed by atoms with Crippen LogP contribution in [0.3, 0.4) is 0 Å². The molecule has 3 rings (SSSR count). The molecule has 0 aliphatic heterocycles. The molecule has 3 aromatic rings. The first-order valence-electron chi connectivity index (χ1n) is 7.37. The maximum atomic E-state index is 10.8. The summed E-state index contributed by atoms with van der Waals surface area (Å²) >= 11 is 0. The van der Waals surface area contributed by atoms with E-state index in [1.54, 1.807) is 13.1 Å². The summed E-state index contributed by atoms with van der Waals surface area (Å²) in [6.45, 7) is 1.86. The standard InChI is InChI=1S/C17H17N3O3/c1-12-10-19(18-17(12)20(22)23)11-16(21)9-13-6-7-14-4-2-3-5-15(14)8-13/h2-8,10,16,21H,9,11H2,1H3/t16-/m0/s1. The monoisotopic (exact) mass is 311 g/mol. The van der Waals surface area contributed by atoms with E-state index in [9.17, 15) is 15.2 Å². The van der Waals surface area contributed by atoms with E-state index in [1.807, 2.05) is 36.4 Å². The second-order valence-corrected chi connectivity index (χ2v) is 5.65. The van der Waals surface area contributed by atoms with Gasteiger partial charge in [-0.3, -0.25) is 0 Å². The smallest absolute Gasteiger partial charge is 0.391 e. The van der Waals surface area contributed by atoms with E-state index in [1.165, 1.54) is 4.68 Å². The predicted octanol–water partition coefficient (Wildman–Crippen LogP) is 2.86. The molecule has 0 aliphatic carbocycles. The summed E-state index contributed by atoms with van der Waals surface area (Å²) in [6.07, 6.45) is 1.40. The Morgan fingerprint density at radius 3 is 2.70 bits per heavy atom. The lowest BCUT2D eigenvalue weighted by Gasteiger charge is -2.10. The summed E-state index contributed by atoms with van der Waals surface area (Å²) in [5.74, 6) is -0.164. The van der Waals surface area contributed by atoms with Crippen molar-refractivity contribution in [2.75, 3.05) is 0 Å².